The van der Waals surface area contributed by atoms with E-state index in [1.54, 1.807) is 6.20 Å². The SMILES string of the molecule is c1cncc(-c2cccc(-c3ccc4ccc5ccc(-c6ccc7c(c6)-c6cccc8cccc-7c68)nc5c4n3)c2)c1. The fourth-order valence-corrected chi connectivity index (χ4v) is 6.43. The zero-order valence-corrected chi connectivity index (χ0v) is 22.6. The quantitative estimate of drug-likeness (QED) is 0.212. The number of hydrogen-bond donors (Lipinski definition) is 0. The Morgan fingerprint density at radius 3 is 1.71 bits per heavy atom. The van der Waals surface area contributed by atoms with Crippen molar-refractivity contribution in [3.63, 3.8) is 0 Å². The van der Waals surface area contributed by atoms with Crippen LogP contribution < -0.4 is 0 Å². The Hall–Kier alpha value is -5.67. The van der Waals surface area contributed by atoms with Gasteiger partial charge in [-0.1, -0.05) is 97.1 Å². The van der Waals surface area contributed by atoms with E-state index in [0.29, 0.717) is 0 Å². The van der Waals surface area contributed by atoms with Crippen LogP contribution in [0, 0.1) is 0 Å². The average molecular weight is 534 g/mol. The second-order valence-electron chi connectivity index (χ2n) is 10.9. The molecule has 3 heteroatoms. The lowest BCUT2D eigenvalue weighted by Gasteiger charge is -2.10. The lowest BCUT2D eigenvalue weighted by atomic mass is 9.99. The first-order valence-corrected chi connectivity index (χ1v) is 14.2. The van der Waals surface area contributed by atoms with Crippen LogP contribution in [-0.4, -0.2) is 15.0 Å². The van der Waals surface area contributed by atoms with E-state index >= 15 is 0 Å². The summed E-state index contributed by atoms with van der Waals surface area (Å²) in [6, 6.07) is 45.2. The van der Waals surface area contributed by atoms with E-state index in [4.69, 9.17) is 9.97 Å². The fraction of sp³-hybridized carbons (Fsp3) is 0. The minimum absolute atomic E-state index is 0.914. The van der Waals surface area contributed by atoms with Crippen molar-refractivity contribution in [1.29, 1.82) is 0 Å². The lowest BCUT2D eigenvalue weighted by molar-refractivity contribution is 1.33. The Morgan fingerprint density at radius 1 is 0.381 bits per heavy atom. The van der Waals surface area contributed by atoms with E-state index in [9.17, 15) is 0 Å². The van der Waals surface area contributed by atoms with Crippen LogP contribution in [-0.2, 0) is 0 Å². The van der Waals surface area contributed by atoms with Crippen LogP contribution in [0.15, 0.2) is 140 Å². The van der Waals surface area contributed by atoms with Crippen LogP contribution in [0.5, 0.6) is 0 Å². The van der Waals surface area contributed by atoms with Crippen molar-refractivity contribution in [3.05, 3.63) is 140 Å². The summed E-state index contributed by atoms with van der Waals surface area (Å²) in [6.45, 7) is 0. The van der Waals surface area contributed by atoms with Gasteiger partial charge in [0.2, 0.25) is 0 Å². The highest BCUT2D eigenvalue weighted by Crippen LogP contribution is 2.48. The third kappa shape index (κ3) is 3.50. The zero-order chi connectivity index (χ0) is 27.6. The van der Waals surface area contributed by atoms with Gasteiger partial charge in [0.25, 0.3) is 0 Å². The van der Waals surface area contributed by atoms with Crippen molar-refractivity contribution >= 4 is 32.6 Å². The first kappa shape index (κ1) is 23.1. The summed E-state index contributed by atoms with van der Waals surface area (Å²) in [6.07, 6.45) is 3.69. The second-order valence-corrected chi connectivity index (χ2v) is 10.9. The van der Waals surface area contributed by atoms with Crippen molar-refractivity contribution in [1.82, 2.24) is 15.0 Å². The molecule has 3 aromatic heterocycles. The molecule has 0 unspecified atom stereocenters. The van der Waals surface area contributed by atoms with E-state index < -0.39 is 0 Å². The summed E-state index contributed by atoms with van der Waals surface area (Å²) in [5.41, 5.74) is 13.3. The average Bonchev–Trinajstić information content (AvgIpc) is 3.39. The second kappa shape index (κ2) is 8.92. The normalized spacial score (nSPS) is 11.8. The monoisotopic (exact) mass is 533 g/mol. The summed E-state index contributed by atoms with van der Waals surface area (Å²) in [5.74, 6) is 0. The van der Waals surface area contributed by atoms with E-state index in [0.717, 1.165) is 55.4 Å². The molecular formula is C39H23N3. The van der Waals surface area contributed by atoms with Gasteiger partial charge in [-0.2, -0.15) is 0 Å². The molecule has 8 aromatic rings. The predicted molar refractivity (Wildman–Crippen MR) is 173 cm³/mol. The number of rotatable bonds is 3. The van der Waals surface area contributed by atoms with Crippen LogP contribution in [0.4, 0.5) is 0 Å². The summed E-state index contributed by atoms with van der Waals surface area (Å²) in [5, 5.41) is 4.79. The number of benzene rings is 5. The van der Waals surface area contributed by atoms with Gasteiger partial charge < -0.3 is 0 Å². The van der Waals surface area contributed by atoms with Crippen molar-refractivity contribution in [2.24, 2.45) is 0 Å². The van der Waals surface area contributed by atoms with Crippen LogP contribution >= 0.6 is 0 Å². The van der Waals surface area contributed by atoms with Crippen molar-refractivity contribution < 1.29 is 0 Å². The Bertz CT molecular complexity index is 2350. The van der Waals surface area contributed by atoms with Gasteiger partial charge in [-0.25, -0.2) is 9.97 Å². The first-order valence-electron chi connectivity index (χ1n) is 14.2. The van der Waals surface area contributed by atoms with Gasteiger partial charge in [-0.15, -0.1) is 0 Å². The first-order chi connectivity index (χ1) is 20.8. The Morgan fingerprint density at radius 2 is 1.00 bits per heavy atom. The van der Waals surface area contributed by atoms with E-state index in [2.05, 4.69) is 126 Å². The Kier molecular flexibility index (Phi) is 4.90. The molecule has 1 aliphatic carbocycles. The molecule has 3 nitrogen and oxygen atoms in total. The third-order valence-electron chi connectivity index (χ3n) is 8.47. The molecule has 0 saturated heterocycles. The molecule has 3 heterocycles. The van der Waals surface area contributed by atoms with Gasteiger partial charge in [-0.05, 0) is 68.9 Å². The lowest BCUT2D eigenvalue weighted by Crippen LogP contribution is -1.91. The largest absolute Gasteiger partial charge is 0.264 e. The maximum atomic E-state index is 5.23. The molecule has 5 aromatic carbocycles. The van der Waals surface area contributed by atoms with Crippen LogP contribution in [0.2, 0.25) is 0 Å². The topological polar surface area (TPSA) is 38.7 Å². The molecule has 0 spiro atoms. The highest BCUT2D eigenvalue weighted by molar-refractivity contribution is 6.15. The molecular weight excluding hydrogens is 510 g/mol. The molecule has 1 aliphatic rings. The van der Waals surface area contributed by atoms with Gasteiger partial charge in [0.1, 0.15) is 0 Å². The number of fused-ring (bicyclic) bond motifs is 6. The maximum Gasteiger partial charge on any atom is 0.0972 e. The van der Waals surface area contributed by atoms with Crippen molar-refractivity contribution in [3.8, 4) is 55.9 Å². The molecule has 0 N–H and O–H groups in total. The summed E-state index contributed by atoms with van der Waals surface area (Å²) >= 11 is 0. The zero-order valence-electron chi connectivity index (χ0n) is 22.6. The number of hydrogen-bond acceptors (Lipinski definition) is 3. The minimum atomic E-state index is 0.914. The molecule has 0 radical (unpaired) electrons. The smallest absolute Gasteiger partial charge is 0.0972 e. The Balaban J connectivity index is 1.18. The minimum Gasteiger partial charge on any atom is -0.264 e. The molecule has 0 saturated carbocycles. The summed E-state index contributed by atoms with van der Waals surface area (Å²) in [4.78, 5) is 14.7. The molecule has 0 fully saturated rings. The van der Waals surface area contributed by atoms with Crippen LogP contribution in [0.3, 0.4) is 0 Å². The van der Waals surface area contributed by atoms with E-state index in [1.807, 2.05) is 12.3 Å². The molecule has 9 rings (SSSR count). The summed E-state index contributed by atoms with van der Waals surface area (Å²) in [7, 11) is 0. The molecule has 0 aliphatic heterocycles. The predicted octanol–water partition coefficient (Wildman–Crippen LogP) is 9.98. The third-order valence-corrected chi connectivity index (χ3v) is 8.47. The Labute approximate surface area is 242 Å². The number of aromatic nitrogens is 3. The highest BCUT2D eigenvalue weighted by atomic mass is 14.8. The maximum absolute atomic E-state index is 5.23. The van der Waals surface area contributed by atoms with Gasteiger partial charge in [0.15, 0.2) is 0 Å². The molecule has 42 heavy (non-hydrogen) atoms. The van der Waals surface area contributed by atoms with Crippen LogP contribution in [0.1, 0.15) is 0 Å². The molecule has 0 amide bonds. The fourth-order valence-electron chi connectivity index (χ4n) is 6.43. The summed E-state index contributed by atoms with van der Waals surface area (Å²) < 4.78 is 0. The van der Waals surface area contributed by atoms with Gasteiger partial charge >= 0.3 is 0 Å². The van der Waals surface area contributed by atoms with Gasteiger partial charge in [0.05, 0.1) is 22.4 Å². The van der Waals surface area contributed by atoms with Crippen molar-refractivity contribution in [2.45, 2.75) is 0 Å². The van der Waals surface area contributed by atoms with E-state index in [1.165, 1.54) is 33.0 Å². The van der Waals surface area contributed by atoms with Crippen molar-refractivity contribution in [2.75, 3.05) is 0 Å². The number of pyridine rings is 3. The molecule has 0 atom stereocenters. The molecule has 0 bridgehead atoms. The van der Waals surface area contributed by atoms with E-state index in [-0.39, 0.29) is 0 Å². The van der Waals surface area contributed by atoms with Gasteiger partial charge in [0, 0.05) is 39.9 Å². The molecule has 194 valence electrons. The standard InChI is InChI=1S/C39H23N3/c1-7-27(30-9-4-20-40-23-30)21-28(8-1)35-18-15-25-12-13-26-16-19-36(42-39(26)38(25)41-35)29-14-17-31-32-10-2-5-24-6-3-11-33(37(24)32)34(31)22-29/h1-23H. The highest BCUT2D eigenvalue weighted by Gasteiger charge is 2.21. The number of nitrogens with zero attached hydrogens (tertiary/aromatic N) is 3. The van der Waals surface area contributed by atoms with Gasteiger partial charge in [-0.3, -0.25) is 4.98 Å². The van der Waals surface area contributed by atoms with Crippen LogP contribution in [0.25, 0.3) is 88.5 Å².